The van der Waals surface area contributed by atoms with Crippen LogP contribution in [0, 0.1) is 6.92 Å². The maximum atomic E-state index is 5.77. The highest BCUT2D eigenvalue weighted by atomic mass is 15.0. The SMILES string of the molecule is CCC(N)CNc1cc(C)ccn1. The van der Waals surface area contributed by atoms with Gasteiger partial charge in [-0.1, -0.05) is 6.92 Å². The molecule has 0 spiro atoms. The zero-order valence-electron chi connectivity index (χ0n) is 8.25. The minimum Gasteiger partial charge on any atom is -0.369 e. The molecule has 1 rings (SSSR count). The second-order valence-corrected chi connectivity index (χ2v) is 3.27. The van der Waals surface area contributed by atoms with Gasteiger partial charge in [0.1, 0.15) is 5.82 Å². The number of rotatable bonds is 4. The largest absolute Gasteiger partial charge is 0.369 e. The number of anilines is 1. The molecule has 0 aliphatic rings. The molecule has 1 heterocycles. The summed E-state index contributed by atoms with van der Waals surface area (Å²) in [5.74, 6) is 0.906. The van der Waals surface area contributed by atoms with Crippen molar-refractivity contribution >= 4 is 5.82 Å². The highest BCUT2D eigenvalue weighted by molar-refractivity contribution is 5.36. The molecule has 0 saturated carbocycles. The number of nitrogens with zero attached hydrogens (tertiary/aromatic N) is 1. The van der Waals surface area contributed by atoms with Crippen LogP contribution in [0.2, 0.25) is 0 Å². The third-order valence-electron chi connectivity index (χ3n) is 1.99. The number of aryl methyl sites for hydroxylation is 1. The average Bonchev–Trinajstić information content (AvgIpc) is 2.14. The quantitative estimate of drug-likeness (QED) is 0.737. The molecule has 1 aromatic rings. The van der Waals surface area contributed by atoms with Crippen LogP contribution in [0.15, 0.2) is 18.3 Å². The van der Waals surface area contributed by atoms with Gasteiger partial charge in [0.25, 0.3) is 0 Å². The zero-order chi connectivity index (χ0) is 9.68. The Bertz CT molecular complexity index is 260. The topological polar surface area (TPSA) is 50.9 Å². The molecule has 0 aromatic carbocycles. The Hall–Kier alpha value is -1.09. The second-order valence-electron chi connectivity index (χ2n) is 3.27. The summed E-state index contributed by atoms with van der Waals surface area (Å²) in [4.78, 5) is 4.18. The Kier molecular flexibility index (Phi) is 3.71. The highest BCUT2D eigenvalue weighted by Gasteiger charge is 1.98. The molecule has 1 aromatic heterocycles. The standard InChI is InChI=1S/C10H17N3/c1-3-9(11)7-13-10-6-8(2)4-5-12-10/h4-6,9H,3,7,11H2,1-2H3,(H,12,13). The Morgan fingerprint density at radius 1 is 1.62 bits per heavy atom. The molecule has 3 nitrogen and oxygen atoms in total. The molecular formula is C10H17N3. The fourth-order valence-corrected chi connectivity index (χ4v) is 1.01. The van der Waals surface area contributed by atoms with E-state index in [2.05, 4.69) is 17.2 Å². The summed E-state index contributed by atoms with van der Waals surface area (Å²) in [7, 11) is 0. The summed E-state index contributed by atoms with van der Waals surface area (Å²) < 4.78 is 0. The van der Waals surface area contributed by atoms with Crippen molar-refractivity contribution in [2.45, 2.75) is 26.3 Å². The Morgan fingerprint density at radius 2 is 2.38 bits per heavy atom. The van der Waals surface area contributed by atoms with E-state index in [4.69, 9.17) is 5.73 Å². The van der Waals surface area contributed by atoms with Gasteiger partial charge in [-0.2, -0.15) is 0 Å². The third kappa shape index (κ3) is 3.42. The summed E-state index contributed by atoms with van der Waals surface area (Å²) >= 11 is 0. The van der Waals surface area contributed by atoms with Crippen LogP contribution < -0.4 is 11.1 Å². The van der Waals surface area contributed by atoms with E-state index in [9.17, 15) is 0 Å². The van der Waals surface area contributed by atoms with Crippen molar-refractivity contribution < 1.29 is 0 Å². The molecule has 13 heavy (non-hydrogen) atoms. The maximum Gasteiger partial charge on any atom is 0.126 e. The van der Waals surface area contributed by atoms with Crippen LogP contribution in [0.1, 0.15) is 18.9 Å². The van der Waals surface area contributed by atoms with E-state index < -0.39 is 0 Å². The van der Waals surface area contributed by atoms with Crippen molar-refractivity contribution in [3.63, 3.8) is 0 Å². The first-order chi connectivity index (χ1) is 6.22. The average molecular weight is 179 g/mol. The zero-order valence-corrected chi connectivity index (χ0v) is 8.25. The Labute approximate surface area is 79.4 Å². The first-order valence-electron chi connectivity index (χ1n) is 4.64. The molecule has 3 heteroatoms. The van der Waals surface area contributed by atoms with Crippen molar-refractivity contribution in [2.24, 2.45) is 5.73 Å². The van der Waals surface area contributed by atoms with Crippen molar-refractivity contribution in [1.82, 2.24) is 4.98 Å². The van der Waals surface area contributed by atoms with Crippen LogP contribution in [0.25, 0.3) is 0 Å². The van der Waals surface area contributed by atoms with Gasteiger partial charge in [-0.15, -0.1) is 0 Å². The van der Waals surface area contributed by atoms with E-state index in [1.807, 2.05) is 19.1 Å². The first kappa shape index (κ1) is 9.99. The molecule has 72 valence electrons. The van der Waals surface area contributed by atoms with Gasteiger partial charge in [0.05, 0.1) is 0 Å². The lowest BCUT2D eigenvalue weighted by Gasteiger charge is -2.10. The molecule has 0 aliphatic carbocycles. The minimum absolute atomic E-state index is 0.210. The van der Waals surface area contributed by atoms with Gasteiger partial charge in [0.15, 0.2) is 0 Å². The Morgan fingerprint density at radius 3 is 3.00 bits per heavy atom. The van der Waals surface area contributed by atoms with E-state index in [1.165, 1.54) is 5.56 Å². The van der Waals surface area contributed by atoms with E-state index in [0.29, 0.717) is 0 Å². The van der Waals surface area contributed by atoms with Gasteiger partial charge < -0.3 is 11.1 Å². The molecule has 0 bridgehead atoms. The van der Waals surface area contributed by atoms with Gasteiger partial charge in [-0.25, -0.2) is 4.98 Å². The fourth-order valence-electron chi connectivity index (χ4n) is 1.01. The predicted octanol–water partition coefficient (Wildman–Crippen LogP) is 1.54. The van der Waals surface area contributed by atoms with Crippen molar-refractivity contribution in [1.29, 1.82) is 0 Å². The van der Waals surface area contributed by atoms with E-state index in [-0.39, 0.29) is 6.04 Å². The van der Waals surface area contributed by atoms with Crippen LogP contribution in [0.3, 0.4) is 0 Å². The van der Waals surface area contributed by atoms with Gasteiger partial charge in [0, 0.05) is 18.8 Å². The first-order valence-corrected chi connectivity index (χ1v) is 4.64. The maximum absolute atomic E-state index is 5.77. The molecule has 3 N–H and O–H groups in total. The molecule has 0 fully saturated rings. The summed E-state index contributed by atoms with van der Waals surface area (Å²) in [5, 5.41) is 3.20. The van der Waals surface area contributed by atoms with E-state index in [0.717, 1.165) is 18.8 Å². The van der Waals surface area contributed by atoms with Gasteiger partial charge in [-0.3, -0.25) is 0 Å². The summed E-state index contributed by atoms with van der Waals surface area (Å²) in [6.07, 6.45) is 2.79. The molecular weight excluding hydrogens is 162 g/mol. The van der Waals surface area contributed by atoms with Crippen LogP contribution in [0.5, 0.6) is 0 Å². The van der Waals surface area contributed by atoms with Gasteiger partial charge >= 0.3 is 0 Å². The van der Waals surface area contributed by atoms with E-state index in [1.54, 1.807) is 6.20 Å². The monoisotopic (exact) mass is 179 g/mol. The highest BCUT2D eigenvalue weighted by Crippen LogP contribution is 2.04. The number of hydrogen-bond acceptors (Lipinski definition) is 3. The molecule has 1 unspecified atom stereocenters. The molecule has 0 saturated heterocycles. The smallest absolute Gasteiger partial charge is 0.126 e. The number of nitrogens with one attached hydrogen (secondary N) is 1. The predicted molar refractivity (Wildman–Crippen MR) is 55.7 cm³/mol. The molecule has 0 radical (unpaired) electrons. The minimum atomic E-state index is 0.210. The molecule has 1 atom stereocenters. The summed E-state index contributed by atoms with van der Waals surface area (Å²) in [5.41, 5.74) is 6.98. The lowest BCUT2D eigenvalue weighted by molar-refractivity contribution is 0.678. The van der Waals surface area contributed by atoms with Crippen LogP contribution in [-0.4, -0.2) is 17.6 Å². The van der Waals surface area contributed by atoms with Crippen molar-refractivity contribution in [3.05, 3.63) is 23.9 Å². The number of hydrogen-bond donors (Lipinski definition) is 2. The van der Waals surface area contributed by atoms with Gasteiger partial charge in [-0.05, 0) is 31.0 Å². The molecule has 0 amide bonds. The lowest BCUT2D eigenvalue weighted by Crippen LogP contribution is -2.28. The molecule has 0 aliphatic heterocycles. The number of pyridine rings is 1. The van der Waals surface area contributed by atoms with Crippen molar-refractivity contribution in [3.8, 4) is 0 Å². The lowest BCUT2D eigenvalue weighted by atomic mass is 10.2. The second kappa shape index (κ2) is 4.82. The number of nitrogens with two attached hydrogens (primary N) is 1. The van der Waals surface area contributed by atoms with Crippen LogP contribution in [-0.2, 0) is 0 Å². The fraction of sp³-hybridized carbons (Fsp3) is 0.500. The van der Waals surface area contributed by atoms with Crippen LogP contribution in [0.4, 0.5) is 5.82 Å². The summed E-state index contributed by atoms with van der Waals surface area (Å²) in [6.45, 7) is 4.91. The van der Waals surface area contributed by atoms with E-state index >= 15 is 0 Å². The van der Waals surface area contributed by atoms with Gasteiger partial charge in [0.2, 0.25) is 0 Å². The van der Waals surface area contributed by atoms with Crippen molar-refractivity contribution in [2.75, 3.05) is 11.9 Å². The summed E-state index contributed by atoms with van der Waals surface area (Å²) in [6, 6.07) is 4.20. The van der Waals surface area contributed by atoms with Crippen LogP contribution >= 0.6 is 0 Å². The Balaban J connectivity index is 2.45. The normalized spacial score (nSPS) is 12.5. The third-order valence-corrected chi connectivity index (χ3v) is 1.99. The number of aromatic nitrogens is 1.